The summed E-state index contributed by atoms with van der Waals surface area (Å²) >= 11 is 0. The summed E-state index contributed by atoms with van der Waals surface area (Å²) in [7, 11) is 0. The number of hydrogen-bond donors (Lipinski definition) is 1. The summed E-state index contributed by atoms with van der Waals surface area (Å²) in [4.78, 5) is 24.8. The second-order valence-electron chi connectivity index (χ2n) is 6.69. The number of aliphatic hydroxyl groups is 1. The molecule has 2 aliphatic carbocycles. The van der Waals surface area contributed by atoms with Crippen molar-refractivity contribution in [3.8, 4) is 0 Å². The number of ketones is 2. The molecule has 0 aromatic heterocycles. The minimum absolute atomic E-state index is 0.0132. The zero-order chi connectivity index (χ0) is 15.0. The topological polar surface area (TPSA) is 54.4 Å². The molecule has 0 bridgehead atoms. The fraction of sp³-hybridized carbons (Fsp3) is 0.647. The van der Waals surface area contributed by atoms with Crippen LogP contribution in [0.15, 0.2) is 22.8 Å². The minimum Gasteiger partial charge on any atom is -0.388 e. The van der Waals surface area contributed by atoms with Crippen LogP contribution in [0.1, 0.15) is 47.0 Å². The Morgan fingerprint density at radius 1 is 1.15 bits per heavy atom. The summed E-state index contributed by atoms with van der Waals surface area (Å²) < 4.78 is 0. The lowest BCUT2D eigenvalue weighted by molar-refractivity contribution is -0.131. The molecule has 0 radical (unpaired) electrons. The first kappa shape index (κ1) is 15.2. The number of hydrogen-bond acceptors (Lipinski definition) is 3. The van der Waals surface area contributed by atoms with Crippen LogP contribution in [0.3, 0.4) is 0 Å². The minimum atomic E-state index is -0.806. The van der Waals surface area contributed by atoms with E-state index in [0.717, 1.165) is 0 Å². The van der Waals surface area contributed by atoms with Gasteiger partial charge in [0.2, 0.25) is 0 Å². The van der Waals surface area contributed by atoms with E-state index in [1.807, 2.05) is 27.7 Å². The Labute approximate surface area is 120 Å². The highest BCUT2D eigenvalue weighted by atomic mass is 16.3. The molecule has 3 atom stereocenters. The second kappa shape index (κ2) is 5.65. The SMILES string of the molecule is CC1=C(C)C[C@H]2C(=O)C=C([C@H](O)CC(C)C)C(=O)[C@H]2C1. The van der Waals surface area contributed by atoms with Gasteiger partial charge in [0, 0.05) is 17.4 Å². The average molecular weight is 276 g/mol. The van der Waals surface area contributed by atoms with Gasteiger partial charge < -0.3 is 5.11 Å². The van der Waals surface area contributed by atoms with Gasteiger partial charge in [0.1, 0.15) is 0 Å². The number of carbonyl (C=O) groups is 2. The Morgan fingerprint density at radius 3 is 2.25 bits per heavy atom. The summed E-state index contributed by atoms with van der Waals surface area (Å²) in [6.07, 6.45) is 2.47. The van der Waals surface area contributed by atoms with E-state index in [4.69, 9.17) is 0 Å². The summed E-state index contributed by atoms with van der Waals surface area (Å²) in [6, 6.07) is 0. The fourth-order valence-corrected chi connectivity index (χ4v) is 3.25. The van der Waals surface area contributed by atoms with Gasteiger partial charge in [-0.05, 0) is 45.1 Å². The quantitative estimate of drug-likeness (QED) is 0.806. The van der Waals surface area contributed by atoms with Crippen molar-refractivity contribution in [3.63, 3.8) is 0 Å². The Balaban J connectivity index is 2.26. The lowest BCUT2D eigenvalue weighted by atomic mass is 9.67. The van der Waals surface area contributed by atoms with Crippen molar-refractivity contribution in [3.05, 3.63) is 22.8 Å². The second-order valence-corrected chi connectivity index (χ2v) is 6.69. The molecule has 20 heavy (non-hydrogen) atoms. The van der Waals surface area contributed by atoms with Crippen LogP contribution in [0, 0.1) is 17.8 Å². The predicted molar refractivity (Wildman–Crippen MR) is 78.1 cm³/mol. The maximum absolute atomic E-state index is 12.6. The molecule has 0 heterocycles. The lowest BCUT2D eigenvalue weighted by Crippen LogP contribution is -2.40. The first-order valence-electron chi connectivity index (χ1n) is 7.44. The van der Waals surface area contributed by atoms with Crippen molar-refractivity contribution in [1.29, 1.82) is 0 Å². The smallest absolute Gasteiger partial charge is 0.165 e. The van der Waals surface area contributed by atoms with Crippen LogP contribution in [0.5, 0.6) is 0 Å². The number of rotatable bonds is 3. The largest absolute Gasteiger partial charge is 0.388 e. The Hall–Kier alpha value is -1.22. The summed E-state index contributed by atoms with van der Waals surface area (Å²) in [5, 5.41) is 10.2. The molecule has 0 aromatic rings. The van der Waals surface area contributed by atoms with E-state index >= 15 is 0 Å². The van der Waals surface area contributed by atoms with Crippen molar-refractivity contribution in [1.82, 2.24) is 0 Å². The van der Waals surface area contributed by atoms with Gasteiger partial charge in [-0.15, -0.1) is 0 Å². The highest BCUT2D eigenvalue weighted by Gasteiger charge is 2.42. The van der Waals surface area contributed by atoms with Crippen LogP contribution >= 0.6 is 0 Å². The molecule has 0 fully saturated rings. The van der Waals surface area contributed by atoms with Gasteiger partial charge in [0.25, 0.3) is 0 Å². The maximum Gasteiger partial charge on any atom is 0.165 e. The molecule has 0 saturated carbocycles. The standard InChI is InChI=1S/C17H24O3/c1-9(2)5-15(18)14-8-16(19)12-6-10(3)11(4)7-13(12)17(14)20/h8-9,12-13,15,18H,5-7H2,1-4H3/t12-,13+,15-/m1/s1. The first-order valence-corrected chi connectivity index (χ1v) is 7.44. The Morgan fingerprint density at radius 2 is 1.70 bits per heavy atom. The highest BCUT2D eigenvalue weighted by Crippen LogP contribution is 2.40. The van der Waals surface area contributed by atoms with Crippen molar-refractivity contribution < 1.29 is 14.7 Å². The molecule has 3 heteroatoms. The van der Waals surface area contributed by atoms with Gasteiger partial charge in [-0.2, -0.15) is 0 Å². The van der Waals surface area contributed by atoms with Crippen molar-refractivity contribution in [2.24, 2.45) is 17.8 Å². The summed E-state index contributed by atoms with van der Waals surface area (Å²) in [5.74, 6) is -0.176. The van der Waals surface area contributed by atoms with Crippen molar-refractivity contribution in [2.75, 3.05) is 0 Å². The van der Waals surface area contributed by atoms with E-state index < -0.39 is 6.10 Å². The van der Waals surface area contributed by atoms with E-state index in [-0.39, 0.29) is 23.4 Å². The molecule has 2 aliphatic rings. The molecule has 0 unspecified atom stereocenters. The van der Waals surface area contributed by atoms with Gasteiger partial charge in [-0.1, -0.05) is 25.0 Å². The molecule has 0 aromatic carbocycles. The third-order valence-electron chi connectivity index (χ3n) is 4.60. The maximum atomic E-state index is 12.6. The van der Waals surface area contributed by atoms with Gasteiger partial charge in [-0.3, -0.25) is 9.59 Å². The molecule has 0 saturated heterocycles. The van der Waals surface area contributed by atoms with E-state index in [9.17, 15) is 14.7 Å². The third-order valence-corrected chi connectivity index (χ3v) is 4.60. The monoisotopic (exact) mass is 276 g/mol. The van der Waals surface area contributed by atoms with Gasteiger partial charge >= 0.3 is 0 Å². The number of carbonyl (C=O) groups excluding carboxylic acids is 2. The molecule has 110 valence electrons. The fourth-order valence-electron chi connectivity index (χ4n) is 3.25. The number of Topliss-reactive ketones (excluding diaryl/α,β-unsaturated/α-hetero) is 1. The predicted octanol–water partition coefficient (Wildman–Crippen LogP) is 2.83. The van der Waals surface area contributed by atoms with Crippen LogP contribution in [-0.4, -0.2) is 22.8 Å². The van der Waals surface area contributed by atoms with E-state index in [2.05, 4.69) is 0 Å². The number of fused-ring (bicyclic) bond motifs is 1. The lowest BCUT2D eigenvalue weighted by Gasteiger charge is -2.35. The van der Waals surface area contributed by atoms with Crippen molar-refractivity contribution in [2.45, 2.75) is 53.1 Å². The number of aliphatic hydroxyl groups excluding tert-OH is 1. The Kier molecular flexibility index (Phi) is 4.28. The zero-order valence-electron chi connectivity index (χ0n) is 12.8. The summed E-state index contributed by atoms with van der Waals surface area (Å²) in [5.41, 5.74) is 2.77. The summed E-state index contributed by atoms with van der Waals surface area (Å²) in [6.45, 7) is 8.07. The van der Waals surface area contributed by atoms with Crippen LogP contribution < -0.4 is 0 Å². The molecular weight excluding hydrogens is 252 g/mol. The molecule has 0 spiro atoms. The molecule has 1 N–H and O–H groups in total. The molecule has 3 nitrogen and oxygen atoms in total. The van der Waals surface area contributed by atoms with Crippen LogP contribution in [-0.2, 0) is 9.59 Å². The molecule has 0 aliphatic heterocycles. The van der Waals surface area contributed by atoms with Crippen molar-refractivity contribution >= 4 is 11.6 Å². The normalized spacial score (nSPS) is 28.6. The van der Waals surface area contributed by atoms with Crippen LogP contribution in [0.2, 0.25) is 0 Å². The number of allylic oxidation sites excluding steroid dienone is 3. The van der Waals surface area contributed by atoms with E-state index in [0.29, 0.717) is 30.8 Å². The average Bonchev–Trinajstić information content (AvgIpc) is 2.35. The van der Waals surface area contributed by atoms with Gasteiger partial charge in [0.15, 0.2) is 11.6 Å². The molecular formula is C17H24O3. The molecule has 2 rings (SSSR count). The van der Waals surface area contributed by atoms with Gasteiger partial charge in [-0.25, -0.2) is 0 Å². The van der Waals surface area contributed by atoms with E-state index in [1.165, 1.54) is 17.2 Å². The van der Waals surface area contributed by atoms with Gasteiger partial charge in [0.05, 0.1) is 6.10 Å². The zero-order valence-corrected chi connectivity index (χ0v) is 12.8. The van der Waals surface area contributed by atoms with Crippen LogP contribution in [0.25, 0.3) is 0 Å². The first-order chi connectivity index (χ1) is 9.31. The highest BCUT2D eigenvalue weighted by molar-refractivity contribution is 6.11. The van der Waals surface area contributed by atoms with E-state index in [1.54, 1.807) is 0 Å². The van der Waals surface area contributed by atoms with Crippen LogP contribution in [0.4, 0.5) is 0 Å². The molecule has 0 amide bonds. The third kappa shape index (κ3) is 2.78. The Bertz CT molecular complexity index is 496.